The largest absolute Gasteiger partial charge is 0.395 e. The lowest BCUT2D eigenvalue weighted by Crippen LogP contribution is -2.25. The Labute approximate surface area is 118 Å². The van der Waals surface area contributed by atoms with Crippen LogP contribution in [0, 0.1) is 18.3 Å². The first-order valence-electron chi connectivity index (χ1n) is 6.47. The molecule has 0 spiro atoms. The molecule has 2 heterocycles. The summed E-state index contributed by atoms with van der Waals surface area (Å²) >= 11 is 0. The van der Waals surface area contributed by atoms with Crippen molar-refractivity contribution in [2.45, 2.75) is 20.4 Å². The molecule has 20 heavy (non-hydrogen) atoms. The highest BCUT2D eigenvalue weighted by atomic mass is 15.2. The lowest BCUT2D eigenvalue weighted by molar-refractivity contribution is 0.792. The van der Waals surface area contributed by atoms with Gasteiger partial charge in [-0.15, -0.1) is 0 Å². The summed E-state index contributed by atoms with van der Waals surface area (Å²) in [7, 11) is 0. The van der Waals surface area contributed by atoms with E-state index in [0.29, 0.717) is 23.6 Å². The van der Waals surface area contributed by atoms with Gasteiger partial charge >= 0.3 is 0 Å². The van der Waals surface area contributed by atoms with E-state index in [4.69, 9.17) is 11.0 Å². The quantitative estimate of drug-likeness (QED) is 0.919. The first-order chi connectivity index (χ1) is 9.65. The summed E-state index contributed by atoms with van der Waals surface area (Å²) in [5, 5.41) is 9.03. The zero-order valence-corrected chi connectivity index (χ0v) is 11.7. The van der Waals surface area contributed by atoms with Gasteiger partial charge < -0.3 is 10.6 Å². The first-order valence-corrected chi connectivity index (χ1v) is 6.47. The van der Waals surface area contributed by atoms with Crippen LogP contribution < -0.4 is 10.6 Å². The fraction of sp³-hybridized carbons (Fsp3) is 0.267. The van der Waals surface area contributed by atoms with Crippen molar-refractivity contribution in [1.29, 1.82) is 5.26 Å². The molecule has 0 fully saturated rings. The summed E-state index contributed by atoms with van der Waals surface area (Å²) in [6.07, 6.45) is 1.61. The fourth-order valence-corrected chi connectivity index (χ4v) is 2.03. The van der Waals surface area contributed by atoms with Crippen LogP contribution in [0.15, 0.2) is 30.5 Å². The Morgan fingerprint density at radius 2 is 2.15 bits per heavy atom. The maximum Gasteiger partial charge on any atom is 0.153 e. The number of nitrogens with two attached hydrogens (primary N) is 1. The van der Waals surface area contributed by atoms with Crippen molar-refractivity contribution in [3.05, 3.63) is 47.4 Å². The van der Waals surface area contributed by atoms with Gasteiger partial charge in [-0.3, -0.25) is 4.98 Å². The average molecular weight is 267 g/mol. The van der Waals surface area contributed by atoms with Crippen LogP contribution in [-0.4, -0.2) is 16.5 Å². The van der Waals surface area contributed by atoms with Gasteiger partial charge in [0.2, 0.25) is 0 Å². The predicted octanol–water partition coefficient (Wildman–Crippen LogP) is 2.27. The zero-order valence-electron chi connectivity index (χ0n) is 11.7. The van der Waals surface area contributed by atoms with Crippen molar-refractivity contribution in [3.63, 3.8) is 0 Å². The monoisotopic (exact) mass is 267 g/mol. The number of pyridine rings is 2. The van der Waals surface area contributed by atoms with Crippen molar-refractivity contribution in [3.8, 4) is 6.07 Å². The molecule has 102 valence electrons. The van der Waals surface area contributed by atoms with Gasteiger partial charge in [0.05, 0.1) is 23.5 Å². The molecule has 0 atom stereocenters. The Balaban J connectivity index is 2.32. The molecule has 0 unspecified atom stereocenters. The van der Waals surface area contributed by atoms with Gasteiger partial charge in [0.1, 0.15) is 6.07 Å². The maximum atomic E-state index is 9.03. The zero-order chi connectivity index (χ0) is 14.5. The van der Waals surface area contributed by atoms with Crippen molar-refractivity contribution in [1.82, 2.24) is 9.97 Å². The molecule has 2 aromatic rings. The second kappa shape index (κ2) is 6.02. The molecule has 0 aliphatic carbocycles. The minimum absolute atomic E-state index is 0.421. The number of nitrogens with zero attached hydrogens (tertiary/aromatic N) is 4. The van der Waals surface area contributed by atoms with Gasteiger partial charge in [-0.25, -0.2) is 4.98 Å². The molecular weight excluding hydrogens is 250 g/mol. The molecule has 2 N–H and O–H groups in total. The van der Waals surface area contributed by atoms with Crippen LogP contribution in [0.25, 0.3) is 0 Å². The Bertz CT molecular complexity index is 645. The number of nitriles is 1. The molecule has 2 aromatic heterocycles. The Kier molecular flexibility index (Phi) is 4.16. The lowest BCUT2D eigenvalue weighted by Gasteiger charge is -2.23. The summed E-state index contributed by atoms with van der Waals surface area (Å²) in [6, 6.07) is 9.62. The molecular formula is C15H17N5. The molecule has 0 aliphatic heterocycles. The molecule has 5 nitrogen and oxygen atoms in total. The van der Waals surface area contributed by atoms with Crippen LogP contribution >= 0.6 is 0 Å². The van der Waals surface area contributed by atoms with Gasteiger partial charge in [-0.2, -0.15) is 5.26 Å². The number of aromatic nitrogens is 2. The van der Waals surface area contributed by atoms with E-state index >= 15 is 0 Å². The minimum Gasteiger partial charge on any atom is -0.395 e. The summed E-state index contributed by atoms with van der Waals surface area (Å²) in [5.41, 5.74) is 8.81. The number of aryl methyl sites for hydroxylation is 1. The van der Waals surface area contributed by atoms with Crippen LogP contribution in [-0.2, 0) is 6.54 Å². The van der Waals surface area contributed by atoms with Crippen LogP contribution in [0.3, 0.4) is 0 Å². The molecule has 5 heteroatoms. The second-order valence-electron chi connectivity index (χ2n) is 4.49. The number of hydrogen-bond acceptors (Lipinski definition) is 5. The summed E-state index contributed by atoms with van der Waals surface area (Å²) in [4.78, 5) is 10.8. The minimum atomic E-state index is 0.421. The van der Waals surface area contributed by atoms with Crippen molar-refractivity contribution in [2.75, 3.05) is 17.2 Å². The third kappa shape index (κ3) is 2.86. The topological polar surface area (TPSA) is 78.8 Å². The third-order valence-corrected chi connectivity index (χ3v) is 3.07. The number of anilines is 2. The van der Waals surface area contributed by atoms with E-state index in [1.54, 1.807) is 12.3 Å². The standard InChI is InChI=1S/C15H17N5/c1-3-20(10-13-6-4-5-11(2)19-13)15-14(17)12(9-16)7-8-18-15/h4-8H,3,10,17H2,1-2H3. The average Bonchev–Trinajstić information content (AvgIpc) is 2.45. The van der Waals surface area contributed by atoms with E-state index in [1.807, 2.05) is 36.9 Å². The summed E-state index contributed by atoms with van der Waals surface area (Å²) < 4.78 is 0. The van der Waals surface area contributed by atoms with E-state index in [2.05, 4.69) is 16.0 Å². The molecule has 0 radical (unpaired) electrons. The Morgan fingerprint density at radius 1 is 1.35 bits per heavy atom. The fourth-order valence-electron chi connectivity index (χ4n) is 2.03. The Morgan fingerprint density at radius 3 is 2.80 bits per heavy atom. The molecule has 0 aromatic carbocycles. The third-order valence-electron chi connectivity index (χ3n) is 3.07. The van der Waals surface area contributed by atoms with Crippen molar-refractivity contribution < 1.29 is 0 Å². The van der Waals surface area contributed by atoms with Crippen LogP contribution in [0.5, 0.6) is 0 Å². The highest BCUT2D eigenvalue weighted by Gasteiger charge is 2.13. The lowest BCUT2D eigenvalue weighted by atomic mass is 10.2. The first kappa shape index (κ1) is 13.8. The van der Waals surface area contributed by atoms with E-state index < -0.39 is 0 Å². The summed E-state index contributed by atoms with van der Waals surface area (Å²) in [6.45, 7) is 5.34. The number of hydrogen-bond donors (Lipinski definition) is 1. The van der Waals surface area contributed by atoms with E-state index in [9.17, 15) is 0 Å². The number of nitrogen functional groups attached to an aromatic ring is 1. The molecule has 0 amide bonds. The maximum absolute atomic E-state index is 9.03. The van der Waals surface area contributed by atoms with Crippen LogP contribution in [0.2, 0.25) is 0 Å². The van der Waals surface area contributed by atoms with E-state index in [1.165, 1.54) is 0 Å². The SMILES string of the molecule is CCN(Cc1cccc(C)n1)c1nccc(C#N)c1N. The highest BCUT2D eigenvalue weighted by Crippen LogP contribution is 2.24. The summed E-state index contributed by atoms with van der Waals surface area (Å²) in [5.74, 6) is 0.634. The van der Waals surface area contributed by atoms with Crippen LogP contribution in [0.4, 0.5) is 11.5 Å². The van der Waals surface area contributed by atoms with Gasteiger partial charge in [0.15, 0.2) is 5.82 Å². The molecule has 0 saturated heterocycles. The molecule has 0 bridgehead atoms. The molecule has 0 aliphatic rings. The highest BCUT2D eigenvalue weighted by molar-refractivity contribution is 5.69. The van der Waals surface area contributed by atoms with Gasteiger partial charge in [-0.1, -0.05) is 6.07 Å². The van der Waals surface area contributed by atoms with Crippen molar-refractivity contribution in [2.24, 2.45) is 0 Å². The van der Waals surface area contributed by atoms with Crippen LogP contribution in [0.1, 0.15) is 23.9 Å². The van der Waals surface area contributed by atoms with Gasteiger partial charge in [0.25, 0.3) is 0 Å². The van der Waals surface area contributed by atoms with E-state index in [-0.39, 0.29) is 0 Å². The predicted molar refractivity (Wildman–Crippen MR) is 79.1 cm³/mol. The smallest absolute Gasteiger partial charge is 0.153 e. The molecule has 0 saturated carbocycles. The van der Waals surface area contributed by atoms with Gasteiger partial charge in [-0.05, 0) is 32.0 Å². The van der Waals surface area contributed by atoms with Gasteiger partial charge in [0, 0.05) is 18.4 Å². The Hall–Kier alpha value is -2.61. The normalized spacial score (nSPS) is 10.1. The number of rotatable bonds is 4. The van der Waals surface area contributed by atoms with E-state index in [0.717, 1.165) is 17.9 Å². The van der Waals surface area contributed by atoms with Crippen molar-refractivity contribution >= 4 is 11.5 Å². The molecule has 2 rings (SSSR count). The second-order valence-corrected chi connectivity index (χ2v) is 4.49.